The van der Waals surface area contributed by atoms with Gasteiger partial charge in [-0.25, -0.2) is 0 Å². The van der Waals surface area contributed by atoms with E-state index in [1.165, 1.54) is 0 Å². The number of methoxy groups -OCH3 is 2. The molecule has 1 N–H and O–H groups in total. The van der Waals surface area contributed by atoms with Crippen LogP contribution in [0.3, 0.4) is 0 Å². The molecule has 10 nitrogen and oxygen atoms in total. The topological polar surface area (TPSA) is 97.8 Å². The van der Waals surface area contributed by atoms with Gasteiger partial charge in [0.25, 0.3) is 0 Å². The smallest absolute Gasteiger partial charge is 0.308 e. The Hall–Kier alpha value is -4.28. The first-order chi connectivity index (χ1) is 23.5. The number of ether oxygens (including phenoxy) is 4. The molecule has 1 saturated heterocycles. The molecular weight excluding hydrogens is 622 g/mol. The van der Waals surface area contributed by atoms with Crippen LogP contribution in [0.1, 0.15) is 55.2 Å². The SMILES string of the molecule is CCCCN(C(=O)CN1C[C@H](c2cc(OC)c3c(c2)OCO3)C(C(=O)O)[C@@H]1CCCc1ccccc1OC)c1cccc(C[N+](C)(C)C)c1. The van der Waals surface area contributed by atoms with Crippen molar-refractivity contribution in [3.63, 3.8) is 0 Å². The summed E-state index contributed by atoms with van der Waals surface area (Å²) < 4.78 is 23.3. The molecule has 0 saturated carbocycles. The highest BCUT2D eigenvalue weighted by molar-refractivity contribution is 5.95. The monoisotopic (exact) mass is 674 g/mol. The van der Waals surface area contributed by atoms with E-state index in [4.69, 9.17) is 18.9 Å². The molecule has 1 amide bonds. The lowest BCUT2D eigenvalue weighted by Crippen LogP contribution is -2.44. The molecule has 2 heterocycles. The van der Waals surface area contributed by atoms with E-state index in [0.717, 1.165) is 64.8 Å². The molecule has 0 aromatic heterocycles. The van der Waals surface area contributed by atoms with Gasteiger partial charge in [0.2, 0.25) is 18.4 Å². The molecule has 5 rings (SSSR count). The Morgan fingerprint density at radius 2 is 1.76 bits per heavy atom. The summed E-state index contributed by atoms with van der Waals surface area (Å²) in [4.78, 5) is 31.5. The van der Waals surface area contributed by atoms with Gasteiger partial charge < -0.3 is 33.4 Å². The molecule has 0 bridgehead atoms. The van der Waals surface area contributed by atoms with Crippen LogP contribution in [0, 0.1) is 5.92 Å². The highest BCUT2D eigenvalue weighted by Crippen LogP contribution is 2.47. The van der Waals surface area contributed by atoms with Gasteiger partial charge in [0.05, 0.1) is 47.8 Å². The number of benzene rings is 3. The van der Waals surface area contributed by atoms with Crippen LogP contribution in [0.4, 0.5) is 5.69 Å². The van der Waals surface area contributed by atoms with Crippen LogP contribution in [0.5, 0.6) is 23.0 Å². The number of hydrogen-bond acceptors (Lipinski definition) is 7. The van der Waals surface area contributed by atoms with Crippen LogP contribution in [0.15, 0.2) is 60.7 Å². The molecule has 3 aromatic rings. The predicted molar refractivity (Wildman–Crippen MR) is 190 cm³/mol. The number of hydrogen-bond donors (Lipinski definition) is 1. The van der Waals surface area contributed by atoms with E-state index in [1.807, 2.05) is 53.4 Å². The van der Waals surface area contributed by atoms with E-state index in [1.54, 1.807) is 14.2 Å². The summed E-state index contributed by atoms with van der Waals surface area (Å²) >= 11 is 0. The Balaban J connectivity index is 1.46. The molecule has 49 heavy (non-hydrogen) atoms. The normalized spacial score (nSPS) is 18.8. The van der Waals surface area contributed by atoms with Crippen molar-refractivity contribution in [3.05, 3.63) is 77.4 Å². The largest absolute Gasteiger partial charge is 0.496 e. The second-order valence-electron chi connectivity index (χ2n) is 14.1. The van der Waals surface area contributed by atoms with E-state index in [0.29, 0.717) is 36.8 Å². The molecule has 3 atom stereocenters. The number of quaternary nitrogens is 1. The third-order valence-corrected chi connectivity index (χ3v) is 9.53. The van der Waals surface area contributed by atoms with Crippen LogP contribution in [-0.2, 0) is 22.6 Å². The van der Waals surface area contributed by atoms with Crippen LogP contribution in [-0.4, -0.2) is 94.2 Å². The molecule has 264 valence electrons. The number of carboxylic acids is 1. The van der Waals surface area contributed by atoms with Gasteiger partial charge in [-0.1, -0.05) is 43.7 Å². The summed E-state index contributed by atoms with van der Waals surface area (Å²) in [5.74, 6) is 0.356. The first-order valence-electron chi connectivity index (χ1n) is 17.3. The number of nitrogens with zero attached hydrogens (tertiary/aromatic N) is 3. The Kier molecular flexibility index (Phi) is 11.7. The lowest BCUT2D eigenvalue weighted by atomic mass is 9.83. The van der Waals surface area contributed by atoms with Crippen LogP contribution in [0.25, 0.3) is 0 Å². The fraction of sp³-hybridized carbons (Fsp3) is 0.487. The highest BCUT2D eigenvalue weighted by Gasteiger charge is 2.47. The van der Waals surface area contributed by atoms with E-state index in [9.17, 15) is 14.7 Å². The van der Waals surface area contributed by atoms with Gasteiger partial charge in [0.1, 0.15) is 12.3 Å². The summed E-state index contributed by atoms with van der Waals surface area (Å²) in [5.41, 5.74) is 3.92. The van der Waals surface area contributed by atoms with E-state index in [2.05, 4.69) is 45.1 Å². The predicted octanol–water partition coefficient (Wildman–Crippen LogP) is 5.96. The van der Waals surface area contributed by atoms with E-state index >= 15 is 0 Å². The first kappa shape index (κ1) is 36.0. The fourth-order valence-electron chi connectivity index (χ4n) is 7.31. The molecule has 10 heteroatoms. The molecular formula is C39H52N3O7+. The summed E-state index contributed by atoms with van der Waals surface area (Å²) in [5, 5.41) is 10.8. The van der Waals surface area contributed by atoms with Crippen molar-refractivity contribution in [1.29, 1.82) is 0 Å². The van der Waals surface area contributed by atoms with Crippen LogP contribution in [0.2, 0.25) is 0 Å². The summed E-state index contributed by atoms with van der Waals surface area (Å²) in [6.45, 7) is 4.16. The third-order valence-electron chi connectivity index (χ3n) is 9.53. The molecule has 3 aromatic carbocycles. The van der Waals surface area contributed by atoms with Gasteiger partial charge >= 0.3 is 5.97 Å². The highest BCUT2D eigenvalue weighted by atomic mass is 16.7. The van der Waals surface area contributed by atoms with Gasteiger partial charge in [0, 0.05) is 36.3 Å². The molecule has 0 aliphatic carbocycles. The van der Waals surface area contributed by atoms with Crippen LogP contribution < -0.4 is 23.8 Å². The molecule has 2 aliphatic rings. The third kappa shape index (κ3) is 8.66. The minimum absolute atomic E-state index is 0.0290. The van der Waals surface area contributed by atoms with E-state index in [-0.39, 0.29) is 31.2 Å². The number of likely N-dealkylation sites (tertiary alicyclic amines) is 1. The number of fused-ring (bicyclic) bond motifs is 1. The Bertz CT molecular complexity index is 1600. The van der Waals surface area contributed by atoms with Crippen molar-refractivity contribution >= 4 is 17.6 Å². The zero-order chi connectivity index (χ0) is 35.1. The van der Waals surface area contributed by atoms with Gasteiger partial charge in [-0.2, -0.15) is 0 Å². The maximum atomic E-state index is 14.4. The quantitative estimate of drug-likeness (QED) is 0.186. The molecule has 1 fully saturated rings. The summed E-state index contributed by atoms with van der Waals surface area (Å²) in [6.07, 6.45) is 3.90. The maximum absolute atomic E-state index is 14.4. The van der Waals surface area contributed by atoms with Crippen molar-refractivity contribution in [1.82, 2.24) is 4.90 Å². The number of aryl methyl sites for hydroxylation is 1. The number of carboxylic acid groups (broad SMARTS) is 1. The summed E-state index contributed by atoms with van der Waals surface area (Å²) in [6, 6.07) is 19.5. The lowest BCUT2D eigenvalue weighted by molar-refractivity contribution is -0.884. The minimum Gasteiger partial charge on any atom is -0.496 e. The molecule has 0 spiro atoms. The number of aliphatic carboxylic acids is 1. The number of para-hydroxylation sites is 1. The fourth-order valence-corrected chi connectivity index (χ4v) is 7.31. The zero-order valence-electron chi connectivity index (χ0n) is 29.8. The van der Waals surface area contributed by atoms with Gasteiger partial charge in [-0.3, -0.25) is 14.5 Å². The lowest BCUT2D eigenvalue weighted by Gasteiger charge is -2.30. The second kappa shape index (κ2) is 16.0. The first-order valence-corrected chi connectivity index (χ1v) is 17.3. The van der Waals surface area contributed by atoms with Crippen molar-refractivity contribution in [2.45, 2.75) is 57.5 Å². The van der Waals surface area contributed by atoms with Crippen molar-refractivity contribution in [3.8, 4) is 23.0 Å². The number of carbonyl (C=O) groups excluding carboxylic acids is 1. The molecule has 1 unspecified atom stereocenters. The van der Waals surface area contributed by atoms with Crippen LogP contribution >= 0.6 is 0 Å². The number of anilines is 1. The minimum atomic E-state index is -0.880. The van der Waals surface area contributed by atoms with Gasteiger partial charge in [-0.05, 0) is 67.1 Å². The van der Waals surface area contributed by atoms with Gasteiger partial charge in [-0.15, -0.1) is 0 Å². The second-order valence-corrected chi connectivity index (χ2v) is 14.1. The Labute approximate surface area is 290 Å². The zero-order valence-corrected chi connectivity index (χ0v) is 29.8. The number of amides is 1. The number of carbonyl (C=O) groups is 2. The average molecular weight is 675 g/mol. The van der Waals surface area contributed by atoms with Crippen molar-refractivity contribution < 1.29 is 38.1 Å². The Morgan fingerprint density at radius 3 is 2.47 bits per heavy atom. The number of rotatable bonds is 16. The van der Waals surface area contributed by atoms with Crippen molar-refractivity contribution in [2.24, 2.45) is 5.92 Å². The number of unbranched alkanes of at least 4 members (excludes halogenated alkanes) is 1. The van der Waals surface area contributed by atoms with Crippen molar-refractivity contribution in [2.75, 3.05) is 66.7 Å². The standard InChI is InChI=1S/C39H51N3O7/c1-7-8-19-41(30-16-11-13-27(20-30)25-42(2,3)4)36(43)24-40-23-31(29-21-34(47-6)38-35(22-29)48-26-49-38)37(39(44)45)32(40)17-12-15-28-14-9-10-18-33(28)46-5/h9-11,13-14,16,18,20-22,31-32,37H,7-8,12,15,17,19,23-26H2,1-6H3/p+1/t31-,32+,37?/m1/s1. The average Bonchev–Trinajstić information content (AvgIpc) is 3.69. The molecule has 2 aliphatic heterocycles. The van der Waals surface area contributed by atoms with E-state index < -0.39 is 11.9 Å². The Morgan fingerprint density at radius 1 is 0.980 bits per heavy atom. The maximum Gasteiger partial charge on any atom is 0.308 e. The summed E-state index contributed by atoms with van der Waals surface area (Å²) in [7, 11) is 9.68. The molecule has 0 radical (unpaired) electrons. The van der Waals surface area contributed by atoms with Gasteiger partial charge in [0.15, 0.2) is 11.5 Å².